The van der Waals surface area contributed by atoms with E-state index in [0.29, 0.717) is 6.54 Å². The van der Waals surface area contributed by atoms with Crippen molar-refractivity contribution in [3.63, 3.8) is 0 Å². The molecule has 13 heavy (non-hydrogen) atoms. The third-order valence-electron chi connectivity index (χ3n) is 2.00. The zero-order chi connectivity index (χ0) is 10.3. The van der Waals surface area contributed by atoms with Crippen molar-refractivity contribution in [2.75, 3.05) is 33.3 Å². The summed E-state index contributed by atoms with van der Waals surface area (Å²) in [6, 6.07) is 0. The second-order valence-electron chi connectivity index (χ2n) is 3.38. The minimum absolute atomic E-state index is 0.138. The van der Waals surface area contributed by atoms with Gasteiger partial charge in [0.15, 0.2) is 0 Å². The molecule has 78 valence electrons. The van der Waals surface area contributed by atoms with Crippen molar-refractivity contribution in [2.24, 2.45) is 5.73 Å². The Kier molecular flexibility index (Phi) is 6.86. The molecule has 0 aromatic carbocycles. The van der Waals surface area contributed by atoms with Crippen molar-refractivity contribution in [3.8, 4) is 0 Å². The van der Waals surface area contributed by atoms with E-state index in [4.69, 9.17) is 10.5 Å². The lowest BCUT2D eigenvalue weighted by molar-refractivity contribution is 0.0746. The third kappa shape index (κ3) is 5.80. The van der Waals surface area contributed by atoms with Crippen LogP contribution in [0.25, 0.3) is 0 Å². The zero-order valence-electron chi connectivity index (χ0n) is 9.05. The second kappa shape index (κ2) is 7.06. The number of likely N-dealkylation sites (N-methyl/N-ethyl adjacent to an activating group) is 1. The molecule has 0 spiro atoms. The fraction of sp³-hybridized carbons (Fsp3) is 0.800. The van der Waals surface area contributed by atoms with Gasteiger partial charge in [-0.15, -0.1) is 0 Å². The van der Waals surface area contributed by atoms with E-state index in [1.165, 1.54) is 5.57 Å². The van der Waals surface area contributed by atoms with Crippen LogP contribution in [-0.2, 0) is 4.74 Å². The van der Waals surface area contributed by atoms with Crippen LogP contribution in [0.1, 0.15) is 13.8 Å². The van der Waals surface area contributed by atoms with Crippen LogP contribution in [0, 0.1) is 0 Å². The Balaban J connectivity index is 3.87. The zero-order valence-corrected chi connectivity index (χ0v) is 9.05. The van der Waals surface area contributed by atoms with Gasteiger partial charge in [-0.2, -0.15) is 0 Å². The van der Waals surface area contributed by atoms with Gasteiger partial charge in [0.1, 0.15) is 0 Å². The number of nitrogens with two attached hydrogens (primary N) is 1. The lowest BCUT2D eigenvalue weighted by Crippen LogP contribution is -2.38. The van der Waals surface area contributed by atoms with E-state index in [1.54, 1.807) is 7.11 Å². The van der Waals surface area contributed by atoms with E-state index < -0.39 is 0 Å². The van der Waals surface area contributed by atoms with Gasteiger partial charge in [0, 0.05) is 26.7 Å². The van der Waals surface area contributed by atoms with Crippen LogP contribution in [0.5, 0.6) is 0 Å². The van der Waals surface area contributed by atoms with Gasteiger partial charge in [0.2, 0.25) is 0 Å². The largest absolute Gasteiger partial charge is 0.379 e. The topological polar surface area (TPSA) is 38.5 Å². The minimum atomic E-state index is 0.138. The Morgan fingerprint density at radius 3 is 2.54 bits per heavy atom. The van der Waals surface area contributed by atoms with E-state index in [2.05, 4.69) is 18.4 Å². The molecule has 0 radical (unpaired) electrons. The molecule has 3 heteroatoms. The molecule has 0 rings (SSSR count). The summed E-state index contributed by atoms with van der Waals surface area (Å²) in [5, 5.41) is 0. The summed E-state index contributed by atoms with van der Waals surface area (Å²) >= 11 is 0. The van der Waals surface area contributed by atoms with Crippen LogP contribution in [0.2, 0.25) is 0 Å². The van der Waals surface area contributed by atoms with Gasteiger partial charge < -0.3 is 10.5 Å². The molecule has 0 aliphatic rings. The maximum Gasteiger partial charge on any atom is 0.0820 e. The van der Waals surface area contributed by atoms with E-state index in [1.807, 2.05) is 6.92 Å². The van der Waals surface area contributed by atoms with E-state index in [9.17, 15) is 0 Å². The molecule has 0 heterocycles. The first-order valence-corrected chi connectivity index (χ1v) is 4.73. The quantitative estimate of drug-likeness (QED) is 0.599. The molecular weight excluding hydrogens is 164 g/mol. The molecule has 1 unspecified atom stereocenters. The smallest absolute Gasteiger partial charge is 0.0820 e. The second-order valence-corrected chi connectivity index (χ2v) is 3.38. The minimum Gasteiger partial charge on any atom is -0.379 e. The van der Waals surface area contributed by atoms with Crippen LogP contribution in [0.4, 0.5) is 0 Å². The summed E-state index contributed by atoms with van der Waals surface area (Å²) in [5.74, 6) is 0. The highest BCUT2D eigenvalue weighted by Gasteiger charge is 2.10. The van der Waals surface area contributed by atoms with Gasteiger partial charge >= 0.3 is 0 Å². The average Bonchev–Trinajstić information content (AvgIpc) is 2.11. The van der Waals surface area contributed by atoms with Crippen molar-refractivity contribution >= 4 is 0 Å². The number of nitrogens with zero attached hydrogens (tertiary/aromatic N) is 1. The SMILES string of the molecule is C=C(C)CN(CC)CC(CN)OC. The first-order chi connectivity index (χ1) is 6.13. The summed E-state index contributed by atoms with van der Waals surface area (Å²) in [6.45, 7) is 11.4. The number of methoxy groups -OCH3 is 1. The highest BCUT2D eigenvalue weighted by Crippen LogP contribution is 1.98. The molecule has 0 aromatic heterocycles. The van der Waals surface area contributed by atoms with Crippen molar-refractivity contribution in [3.05, 3.63) is 12.2 Å². The monoisotopic (exact) mass is 186 g/mol. The fourth-order valence-corrected chi connectivity index (χ4v) is 1.22. The maximum atomic E-state index is 5.54. The van der Waals surface area contributed by atoms with Gasteiger partial charge in [0.05, 0.1) is 6.10 Å². The molecule has 1 atom stereocenters. The number of hydrogen-bond donors (Lipinski definition) is 1. The third-order valence-corrected chi connectivity index (χ3v) is 2.00. The van der Waals surface area contributed by atoms with Gasteiger partial charge in [-0.25, -0.2) is 0 Å². The van der Waals surface area contributed by atoms with Crippen LogP contribution in [0.3, 0.4) is 0 Å². The Bertz CT molecular complexity index is 144. The molecule has 0 aliphatic carbocycles. The lowest BCUT2D eigenvalue weighted by atomic mass is 10.2. The number of rotatable bonds is 7. The summed E-state index contributed by atoms with van der Waals surface area (Å²) < 4.78 is 5.22. The van der Waals surface area contributed by atoms with Crippen molar-refractivity contribution in [2.45, 2.75) is 20.0 Å². The molecular formula is C10H22N2O. The van der Waals surface area contributed by atoms with Gasteiger partial charge in [-0.05, 0) is 13.5 Å². The standard InChI is InChI=1S/C10H22N2O/c1-5-12(7-9(2)3)8-10(6-11)13-4/h10H,2,5-8,11H2,1,3-4H3. The average molecular weight is 186 g/mol. The highest BCUT2D eigenvalue weighted by atomic mass is 16.5. The van der Waals surface area contributed by atoms with Crippen LogP contribution < -0.4 is 5.73 Å². The molecule has 0 amide bonds. The maximum absolute atomic E-state index is 5.54. The summed E-state index contributed by atoms with van der Waals surface area (Å²) in [7, 11) is 1.70. The molecule has 2 N–H and O–H groups in total. The Labute approximate surface area is 81.5 Å². The Morgan fingerprint density at radius 2 is 2.23 bits per heavy atom. The fourth-order valence-electron chi connectivity index (χ4n) is 1.22. The summed E-state index contributed by atoms with van der Waals surface area (Å²) in [5.41, 5.74) is 6.72. The molecule has 0 aromatic rings. The Morgan fingerprint density at radius 1 is 1.62 bits per heavy atom. The Hall–Kier alpha value is -0.380. The predicted octanol–water partition coefficient (Wildman–Crippen LogP) is 0.858. The van der Waals surface area contributed by atoms with Crippen LogP contribution in [0.15, 0.2) is 12.2 Å². The molecule has 3 nitrogen and oxygen atoms in total. The van der Waals surface area contributed by atoms with E-state index in [0.717, 1.165) is 19.6 Å². The number of ether oxygens (including phenoxy) is 1. The molecule has 0 bridgehead atoms. The van der Waals surface area contributed by atoms with E-state index >= 15 is 0 Å². The van der Waals surface area contributed by atoms with Gasteiger partial charge in [0.25, 0.3) is 0 Å². The summed E-state index contributed by atoms with van der Waals surface area (Å²) in [4.78, 5) is 2.28. The normalized spacial score (nSPS) is 13.3. The van der Waals surface area contributed by atoms with Crippen LogP contribution in [-0.4, -0.2) is 44.3 Å². The molecule has 0 saturated carbocycles. The predicted molar refractivity (Wildman–Crippen MR) is 56.8 cm³/mol. The molecule has 0 fully saturated rings. The van der Waals surface area contributed by atoms with Crippen molar-refractivity contribution in [1.82, 2.24) is 4.90 Å². The molecule has 0 aliphatic heterocycles. The first kappa shape index (κ1) is 12.6. The van der Waals surface area contributed by atoms with Gasteiger partial charge in [-0.3, -0.25) is 4.90 Å². The number of hydrogen-bond acceptors (Lipinski definition) is 3. The van der Waals surface area contributed by atoms with Gasteiger partial charge in [-0.1, -0.05) is 19.1 Å². The lowest BCUT2D eigenvalue weighted by Gasteiger charge is -2.24. The first-order valence-electron chi connectivity index (χ1n) is 4.73. The highest BCUT2D eigenvalue weighted by molar-refractivity contribution is 4.92. The van der Waals surface area contributed by atoms with E-state index in [-0.39, 0.29) is 6.10 Å². The summed E-state index contributed by atoms with van der Waals surface area (Å²) in [6.07, 6.45) is 0.138. The van der Waals surface area contributed by atoms with Crippen molar-refractivity contribution in [1.29, 1.82) is 0 Å². The molecule has 0 saturated heterocycles. The van der Waals surface area contributed by atoms with Crippen molar-refractivity contribution < 1.29 is 4.74 Å². The van der Waals surface area contributed by atoms with Crippen LogP contribution >= 0.6 is 0 Å².